The molecule has 0 atom stereocenters. The van der Waals surface area contributed by atoms with Crippen molar-refractivity contribution in [2.45, 2.75) is 44.9 Å². The molecule has 7 heteroatoms. The SMILES string of the molecule is CN(C)c1nc(CCCC2CCC(CNC(=O)c3cccc(Cl)c3F)CC2)nc2ccccc12. The third kappa shape index (κ3) is 5.84. The summed E-state index contributed by atoms with van der Waals surface area (Å²) in [5.74, 6) is 1.97. The number of halogens is 2. The molecule has 3 aromatic rings. The zero-order valence-corrected chi connectivity index (χ0v) is 20.6. The van der Waals surface area contributed by atoms with Gasteiger partial charge < -0.3 is 10.2 Å². The number of nitrogens with one attached hydrogen (secondary N) is 1. The van der Waals surface area contributed by atoms with Crippen molar-refractivity contribution < 1.29 is 9.18 Å². The number of aromatic nitrogens is 2. The summed E-state index contributed by atoms with van der Waals surface area (Å²) in [6.45, 7) is 0.579. The number of nitrogens with zero attached hydrogens (tertiary/aromatic N) is 3. The van der Waals surface area contributed by atoms with Crippen LogP contribution in [0, 0.1) is 17.7 Å². The van der Waals surface area contributed by atoms with Crippen LogP contribution in [-0.4, -0.2) is 36.5 Å². The van der Waals surface area contributed by atoms with Crippen molar-refractivity contribution in [2.24, 2.45) is 11.8 Å². The minimum absolute atomic E-state index is 0.00881. The maximum absolute atomic E-state index is 14.0. The number of anilines is 1. The second-order valence-electron chi connectivity index (χ2n) is 9.47. The van der Waals surface area contributed by atoms with Crippen molar-refractivity contribution >= 4 is 34.2 Å². The first-order valence-electron chi connectivity index (χ1n) is 12.1. The monoisotopic (exact) mass is 482 g/mol. The maximum atomic E-state index is 14.0. The standard InChI is InChI=1S/C27H32ClFN4O/c1-33(2)26-20-8-3-4-11-23(20)31-24(32-26)12-5-7-18-13-15-19(16-14-18)17-30-27(34)21-9-6-10-22(28)25(21)29/h3-4,6,8-11,18-19H,5,7,12-17H2,1-2H3,(H,30,34). The van der Waals surface area contributed by atoms with Crippen LogP contribution >= 0.6 is 11.6 Å². The van der Waals surface area contributed by atoms with E-state index in [9.17, 15) is 9.18 Å². The number of hydrogen-bond donors (Lipinski definition) is 1. The molecule has 0 aliphatic heterocycles. The first kappa shape index (κ1) is 24.4. The van der Waals surface area contributed by atoms with E-state index < -0.39 is 11.7 Å². The topological polar surface area (TPSA) is 58.1 Å². The summed E-state index contributed by atoms with van der Waals surface area (Å²) in [5, 5.41) is 3.94. The molecule has 1 aliphatic rings. The summed E-state index contributed by atoms with van der Waals surface area (Å²) in [4.78, 5) is 24.0. The Labute approximate surface area is 205 Å². The van der Waals surface area contributed by atoms with Crippen LogP contribution in [-0.2, 0) is 6.42 Å². The normalized spacial score (nSPS) is 18.1. The summed E-state index contributed by atoms with van der Waals surface area (Å²) >= 11 is 5.79. The van der Waals surface area contributed by atoms with Gasteiger partial charge in [0.05, 0.1) is 16.1 Å². The van der Waals surface area contributed by atoms with Crippen molar-refractivity contribution in [1.29, 1.82) is 0 Å². The van der Waals surface area contributed by atoms with Crippen LogP contribution < -0.4 is 10.2 Å². The quantitative estimate of drug-likeness (QED) is 0.424. The van der Waals surface area contributed by atoms with E-state index in [1.807, 2.05) is 37.2 Å². The van der Waals surface area contributed by atoms with Crippen LogP contribution in [0.25, 0.3) is 10.9 Å². The zero-order chi connectivity index (χ0) is 24.1. The second kappa shape index (κ2) is 11.1. The molecule has 0 saturated heterocycles. The number of aryl methyl sites for hydroxylation is 1. The van der Waals surface area contributed by atoms with Gasteiger partial charge in [0.15, 0.2) is 5.82 Å². The molecule has 1 heterocycles. The molecule has 0 radical (unpaired) electrons. The van der Waals surface area contributed by atoms with Gasteiger partial charge in [0.2, 0.25) is 0 Å². The lowest BCUT2D eigenvalue weighted by Crippen LogP contribution is -2.31. The number of benzene rings is 2. The van der Waals surface area contributed by atoms with Gasteiger partial charge >= 0.3 is 0 Å². The van der Waals surface area contributed by atoms with Crippen LogP contribution in [0.3, 0.4) is 0 Å². The Morgan fingerprint density at radius 2 is 1.79 bits per heavy atom. The Morgan fingerprint density at radius 1 is 1.06 bits per heavy atom. The van der Waals surface area contributed by atoms with Crippen LogP contribution in [0.5, 0.6) is 0 Å². The van der Waals surface area contributed by atoms with Gasteiger partial charge in [0.1, 0.15) is 11.6 Å². The molecule has 34 heavy (non-hydrogen) atoms. The summed E-state index contributed by atoms with van der Waals surface area (Å²) in [6.07, 6.45) is 7.61. The van der Waals surface area contributed by atoms with Crippen LogP contribution in [0.15, 0.2) is 42.5 Å². The van der Waals surface area contributed by atoms with Crippen LogP contribution in [0.1, 0.15) is 54.7 Å². The number of para-hydroxylation sites is 1. The van der Waals surface area contributed by atoms with E-state index in [0.717, 1.165) is 61.1 Å². The van der Waals surface area contributed by atoms with E-state index >= 15 is 0 Å². The average Bonchev–Trinajstić information content (AvgIpc) is 2.84. The van der Waals surface area contributed by atoms with Gasteiger partial charge in [-0.1, -0.05) is 49.1 Å². The van der Waals surface area contributed by atoms with Gasteiger partial charge in [-0.2, -0.15) is 0 Å². The number of rotatable bonds is 8. The number of hydrogen-bond acceptors (Lipinski definition) is 4. The van der Waals surface area contributed by atoms with Crippen molar-refractivity contribution in [1.82, 2.24) is 15.3 Å². The minimum atomic E-state index is -0.654. The highest BCUT2D eigenvalue weighted by Crippen LogP contribution is 2.32. The summed E-state index contributed by atoms with van der Waals surface area (Å²) in [7, 11) is 4.04. The Balaban J connectivity index is 1.22. The summed E-state index contributed by atoms with van der Waals surface area (Å²) < 4.78 is 14.0. The van der Waals surface area contributed by atoms with Gasteiger partial charge in [-0.25, -0.2) is 14.4 Å². The van der Waals surface area contributed by atoms with E-state index in [4.69, 9.17) is 21.6 Å². The fraction of sp³-hybridized carbons (Fsp3) is 0.444. The third-order valence-electron chi connectivity index (χ3n) is 6.78. The Kier molecular flexibility index (Phi) is 7.99. The lowest BCUT2D eigenvalue weighted by Gasteiger charge is -2.28. The van der Waals surface area contributed by atoms with Gasteiger partial charge in [0, 0.05) is 32.4 Å². The minimum Gasteiger partial charge on any atom is -0.362 e. The van der Waals surface area contributed by atoms with Gasteiger partial charge in [-0.3, -0.25) is 4.79 Å². The average molecular weight is 483 g/mol. The molecular formula is C27H32ClFN4O. The smallest absolute Gasteiger partial charge is 0.254 e. The summed E-state index contributed by atoms with van der Waals surface area (Å²) in [5.41, 5.74) is 1.01. The molecule has 5 nitrogen and oxygen atoms in total. The molecule has 1 aliphatic carbocycles. The Bertz CT molecular complexity index is 1140. The highest BCUT2D eigenvalue weighted by Gasteiger charge is 2.22. The van der Waals surface area contributed by atoms with Crippen molar-refractivity contribution in [3.63, 3.8) is 0 Å². The number of carbonyl (C=O) groups is 1. The van der Waals surface area contributed by atoms with E-state index in [2.05, 4.69) is 11.4 Å². The summed E-state index contributed by atoms with van der Waals surface area (Å²) in [6, 6.07) is 12.7. The Morgan fingerprint density at radius 3 is 2.56 bits per heavy atom. The van der Waals surface area contributed by atoms with Crippen molar-refractivity contribution in [3.8, 4) is 0 Å². The number of fused-ring (bicyclic) bond motifs is 1. The highest BCUT2D eigenvalue weighted by molar-refractivity contribution is 6.31. The largest absolute Gasteiger partial charge is 0.362 e. The first-order valence-corrected chi connectivity index (χ1v) is 12.5. The van der Waals surface area contributed by atoms with E-state index in [1.54, 1.807) is 6.07 Å². The zero-order valence-electron chi connectivity index (χ0n) is 19.9. The van der Waals surface area contributed by atoms with Gasteiger partial charge in [0.25, 0.3) is 5.91 Å². The lowest BCUT2D eigenvalue weighted by atomic mass is 9.80. The molecule has 1 aromatic heterocycles. The lowest BCUT2D eigenvalue weighted by molar-refractivity contribution is 0.0937. The maximum Gasteiger partial charge on any atom is 0.254 e. The first-order chi connectivity index (χ1) is 16.4. The van der Waals surface area contributed by atoms with Crippen LogP contribution in [0.4, 0.5) is 10.2 Å². The van der Waals surface area contributed by atoms with Crippen molar-refractivity contribution in [2.75, 3.05) is 25.5 Å². The van der Waals surface area contributed by atoms with E-state index in [1.165, 1.54) is 18.6 Å². The fourth-order valence-corrected chi connectivity index (χ4v) is 5.02. The molecule has 1 N–H and O–H groups in total. The fourth-order valence-electron chi connectivity index (χ4n) is 4.84. The predicted octanol–water partition coefficient (Wildman–Crippen LogP) is 6.05. The molecule has 2 aromatic carbocycles. The predicted molar refractivity (Wildman–Crippen MR) is 136 cm³/mol. The molecule has 1 amide bonds. The molecule has 0 unspecified atom stereocenters. The number of carbonyl (C=O) groups excluding carboxylic acids is 1. The highest BCUT2D eigenvalue weighted by atomic mass is 35.5. The Hall–Kier alpha value is -2.73. The van der Waals surface area contributed by atoms with Gasteiger partial charge in [-0.15, -0.1) is 0 Å². The van der Waals surface area contributed by atoms with Gasteiger partial charge in [-0.05, 0) is 55.4 Å². The van der Waals surface area contributed by atoms with Crippen molar-refractivity contribution in [3.05, 3.63) is 64.7 Å². The molecule has 1 fully saturated rings. The van der Waals surface area contributed by atoms with E-state index in [-0.39, 0.29) is 10.6 Å². The molecule has 180 valence electrons. The number of amides is 1. The molecular weight excluding hydrogens is 451 g/mol. The second-order valence-corrected chi connectivity index (χ2v) is 9.87. The molecule has 1 saturated carbocycles. The third-order valence-corrected chi connectivity index (χ3v) is 7.07. The van der Waals surface area contributed by atoms with E-state index in [0.29, 0.717) is 18.4 Å². The molecule has 0 bridgehead atoms. The van der Waals surface area contributed by atoms with Crippen LogP contribution in [0.2, 0.25) is 5.02 Å². The molecule has 4 rings (SSSR count). The molecule has 0 spiro atoms.